The van der Waals surface area contributed by atoms with Crippen LogP contribution in [0.15, 0.2) is 107 Å². The number of rotatable bonds is 6. The standard InChI is InChI=1S/C20H22.C5H7.4C2H7N.Ti/c1-17(13-14-19-9-5-3-6-10-19)15-18(2)16-20-11-7-4-8-12-20;1-3-5-4-2;4*1-3-2;/h3-13,15H,14,16H2,1-2H3;1,3-5H,2H3;4*3H,1-2H3;. The van der Waals surface area contributed by atoms with E-state index in [2.05, 4.69) is 108 Å². The van der Waals surface area contributed by atoms with Gasteiger partial charge in [0.2, 0.25) is 0 Å². The molecule has 0 heterocycles. The fraction of sp³-hybridized carbons (Fsp3) is 0.394. The summed E-state index contributed by atoms with van der Waals surface area (Å²) in [6.45, 7) is 6.38. The molecule has 0 aromatic heterocycles. The van der Waals surface area contributed by atoms with E-state index in [1.54, 1.807) is 0 Å². The molecule has 0 fully saturated rings. The zero-order chi connectivity index (χ0) is 29.9. The molecular weight excluding hydrogens is 500 g/mol. The molecule has 0 atom stereocenters. The van der Waals surface area contributed by atoms with E-state index in [0.29, 0.717) is 0 Å². The molecule has 2 rings (SSSR count). The molecule has 4 N–H and O–H groups in total. The molecule has 38 heavy (non-hydrogen) atoms. The van der Waals surface area contributed by atoms with Crippen molar-refractivity contribution in [3.8, 4) is 0 Å². The third-order valence-electron chi connectivity index (χ3n) is 3.70. The van der Waals surface area contributed by atoms with E-state index in [0.717, 1.165) is 12.8 Å². The normalized spacial score (nSPS) is 10.3. The van der Waals surface area contributed by atoms with E-state index in [1.165, 1.54) is 22.3 Å². The maximum Gasteiger partial charge on any atom is -0.0167 e. The summed E-state index contributed by atoms with van der Waals surface area (Å²) in [7, 11) is 15.0. The molecule has 0 aliphatic heterocycles. The maximum atomic E-state index is 2.75. The van der Waals surface area contributed by atoms with Gasteiger partial charge < -0.3 is 21.3 Å². The predicted molar refractivity (Wildman–Crippen MR) is 172 cm³/mol. The molecule has 0 bridgehead atoms. The van der Waals surface area contributed by atoms with Gasteiger partial charge in [0, 0.05) is 0 Å². The largest absolute Gasteiger partial charge is 0.323 e. The van der Waals surface area contributed by atoms with Crippen molar-refractivity contribution in [1.29, 1.82) is 0 Å². The number of hydrogen-bond donors (Lipinski definition) is 4. The van der Waals surface area contributed by atoms with Crippen molar-refractivity contribution in [2.45, 2.75) is 33.6 Å². The Hall–Kier alpha value is -2.05. The minimum Gasteiger partial charge on any atom is -0.323 e. The Morgan fingerprint density at radius 1 is 0.658 bits per heavy atom. The Morgan fingerprint density at radius 3 is 1.39 bits per heavy atom. The van der Waals surface area contributed by atoms with Crippen molar-refractivity contribution in [3.05, 3.63) is 118 Å². The molecule has 0 radical (unpaired) electrons. The summed E-state index contributed by atoms with van der Waals surface area (Å²) in [5.41, 5.74) is 5.47. The fourth-order valence-corrected chi connectivity index (χ4v) is 2.65. The van der Waals surface area contributed by atoms with Crippen LogP contribution < -0.4 is 21.3 Å². The van der Waals surface area contributed by atoms with Gasteiger partial charge in [-0.1, -0.05) is 84.0 Å². The zero-order valence-corrected chi connectivity index (χ0v) is 27.7. The van der Waals surface area contributed by atoms with Crippen LogP contribution in [0.4, 0.5) is 0 Å². The molecule has 0 aliphatic rings. The summed E-state index contributed by atoms with van der Waals surface area (Å²) in [6.07, 6.45) is 12.6. The molecular formula is C33H57N4Ti. The van der Waals surface area contributed by atoms with Crippen molar-refractivity contribution in [1.82, 2.24) is 21.3 Å². The Kier molecular flexibility index (Phi) is 44.7. The zero-order valence-electron chi connectivity index (χ0n) is 26.2. The molecule has 0 saturated heterocycles. The smallest absolute Gasteiger partial charge is 0.0167 e. The van der Waals surface area contributed by atoms with Crippen LogP contribution in [0.25, 0.3) is 0 Å². The second kappa shape index (κ2) is 39.5. The molecule has 5 heteroatoms. The van der Waals surface area contributed by atoms with Gasteiger partial charge in [-0.05, 0) is 94.2 Å². The number of hydrogen-bond acceptors (Lipinski definition) is 4. The van der Waals surface area contributed by atoms with Gasteiger partial charge in [-0.25, -0.2) is 0 Å². The summed E-state index contributed by atoms with van der Waals surface area (Å²) < 4.78 is 2.00. The van der Waals surface area contributed by atoms with Crippen molar-refractivity contribution in [2.24, 2.45) is 0 Å². The van der Waals surface area contributed by atoms with Gasteiger partial charge in [0.25, 0.3) is 0 Å². The summed E-state index contributed by atoms with van der Waals surface area (Å²) in [6, 6.07) is 21.2. The maximum absolute atomic E-state index is 2.75. The van der Waals surface area contributed by atoms with Crippen molar-refractivity contribution < 1.29 is 20.4 Å². The molecule has 0 unspecified atom stereocenters. The molecule has 0 amide bonds. The molecule has 0 spiro atoms. The summed E-state index contributed by atoms with van der Waals surface area (Å²) >= 11 is 2.00. The fourth-order valence-electron chi connectivity index (χ4n) is 2.48. The first kappa shape index (κ1) is 43.0. The number of allylic oxidation sites excluding steroid dienone is 7. The topological polar surface area (TPSA) is 48.1 Å². The van der Waals surface area contributed by atoms with E-state index in [1.807, 2.05) is 106 Å². The van der Waals surface area contributed by atoms with Gasteiger partial charge in [0.05, 0.1) is 0 Å². The van der Waals surface area contributed by atoms with Crippen LogP contribution in [-0.4, -0.2) is 56.4 Å². The predicted octanol–water partition coefficient (Wildman–Crippen LogP) is 6.33. The van der Waals surface area contributed by atoms with Crippen LogP contribution in [0.5, 0.6) is 0 Å². The molecule has 0 aliphatic carbocycles. The number of nitrogens with one attached hydrogen (secondary N) is 4. The Bertz CT molecular complexity index is 780. The average molecular weight is 558 g/mol. The van der Waals surface area contributed by atoms with Crippen LogP contribution in [-0.2, 0) is 33.3 Å². The van der Waals surface area contributed by atoms with Crippen molar-refractivity contribution in [3.63, 3.8) is 0 Å². The van der Waals surface area contributed by atoms with Crippen LogP contribution in [0.3, 0.4) is 0 Å². The Labute approximate surface area is 248 Å². The van der Waals surface area contributed by atoms with Gasteiger partial charge >= 0.3 is 50.0 Å². The quantitative estimate of drug-likeness (QED) is 0.248. The van der Waals surface area contributed by atoms with Crippen LogP contribution >= 0.6 is 0 Å². The first-order chi connectivity index (χ1) is 18.3. The molecule has 2 aromatic carbocycles. The van der Waals surface area contributed by atoms with Gasteiger partial charge in [-0.2, -0.15) is 0 Å². The molecule has 213 valence electrons. The van der Waals surface area contributed by atoms with Crippen molar-refractivity contribution in [2.75, 3.05) is 56.4 Å². The molecule has 4 nitrogen and oxygen atoms in total. The van der Waals surface area contributed by atoms with E-state index in [9.17, 15) is 0 Å². The number of benzene rings is 2. The summed E-state index contributed by atoms with van der Waals surface area (Å²) in [4.78, 5) is 0. The molecule has 0 saturated carbocycles. The second-order valence-electron chi connectivity index (χ2n) is 8.18. The third kappa shape index (κ3) is 41.1. The van der Waals surface area contributed by atoms with E-state index in [-0.39, 0.29) is 0 Å². The minimum absolute atomic E-state index is 1.00. The van der Waals surface area contributed by atoms with Crippen LogP contribution in [0.1, 0.15) is 31.9 Å². The SMILES string of the molecule is CC(=CCc1ccccc1)C=C(C)Cc1ccccc1.CC=CC=[CH][Ti].CNC.CNC.CNC.CNC. The summed E-state index contributed by atoms with van der Waals surface area (Å²) in [5.74, 6) is 0. The monoisotopic (exact) mass is 557 g/mol. The van der Waals surface area contributed by atoms with Gasteiger partial charge in [0.15, 0.2) is 0 Å². The average Bonchev–Trinajstić information content (AvgIpc) is 2.90. The Balaban J connectivity index is -0.000000264. The molecule has 2 aromatic rings. The van der Waals surface area contributed by atoms with Gasteiger partial charge in [-0.3, -0.25) is 0 Å². The van der Waals surface area contributed by atoms with Crippen LogP contribution in [0.2, 0.25) is 0 Å². The first-order valence-electron chi connectivity index (χ1n) is 13.0. The first-order valence-corrected chi connectivity index (χ1v) is 13.9. The second-order valence-corrected chi connectivity index (χ2v) is 8.70. The van der Waals surface area contributed by atoms with Crippen LogP contribution in [0, 0.1) is 0 Å². The van der Waals surface area contributed by atoms with Crippen molar-refractivity contribution >= 4 is 0 Å². The van der Waals surface area contributed by atoms with Gasteiger partial charge in [0.1, 0.15) is 0 Å². The Morgan fingerprint density at radius 2 is 1.05 bits per heavy atom. The van der Waals surface area contributed by atoms with Gasteiger partial charge in [-0.15, -0.1) is 0 Å². The third-order valence-corrected chi connectivity index (χ3v) is 4.00. The minimum atomic E-state index is 1.00. The van der Waals surface area contributed by atoms with E-state index < -0.39 is 0 Å². The summed E-state index contributed by atoms with van der Waals surface area (Å²) in [5, 5.41) is 11.0. The van der Waals surface area contributed by atoms with E-state index in [4.69, 9.17) is 0 Å². The van der Waals surface area contributed by atoms with E-state index >= 15 is 0 Å².